The van der Waals surface area contributed by atoms with Crippen molar-refractivity contribution in [2.24, 2.45) is 5.73 Å². The topological polar surface area (TPSA) is 52.0 Å². The lowest BCUT2D eigenvalue weighted by Crippen LogP contribution is -2.17. The van der Waals surface area contributed by atoms with Gasteiger partial charge in [-0.1, -0.05) is 11.6 Å². The van der Waals surface area contributed by atoms with E-state index in [0.29, 0.717) is 10.6 Å². The Kier molecular flexibility index (Phi) is 2.44. The summed E-state index contributed by atoms with van der Waals surface area (Å²) in [5, 5.41) is 0.593. The molecule has 0 aliphatic rings. The lowest BCUT2D eigenvalue weighted by atomic mass is 10.1. The SMILES string of the molecule is CC(N)Cc1cc(Cl)c2ocnc2c1. The maximum atomic E-state index is 6.01. The zero-order valence-electron chi connectivity index (χ0n) is 7.83. The van der Waals surface area contributed by atoms with E-state index in [1.165, 1.54) is 6.39 Å². The third kappa shape index (κ3) is 1.74. The van der Waals surface area contributed by atoms with Gasteiger partial charge in [-0.25, -0.2) is 4.98 Å². The van der Waals surface area contributed by atoms with Crippen molar-refractivity contribution in [2.45, 2.75) is 19.4 Å². The van der Waals surface area contributed by atoms with Gasteiger partial charge in [0.1, 0.15) is 5.52 Å². The van der Waals surface area contributed by atoms with Crippen LogP contribution in [0.25, 0.3) is 11.1 Å². The number of hydrogen-bond acceptors (Lipinski definition) is 3. The first-order valence-corrected chi connectivity index (χ1v) is 4.82. The van der Waals surface area contributed by atoms with E-state index in [2.05, 4.69) is 4.98 Å². The molecule has 0 spiro atoms. The van der Waals surface area contributed by atoms with Crippen molar-refractivity contribution < 1.29 is 4.42 Å². The fraction of sp³-hybridized carbons (Fsp3) is 0.300. The van der Waals surface area contributed by atoms with Crippen LogP contribution in [-0.4, -0.2) is 11.0 Å². The van der Waals surface area contributed by atoms with Crippen LogP contribution in [0.3, 0.4) is 0 Å². The molecular weight excluding hydrogens is 200 g/mol. The largest absolute Gasteiger partial charge is 0.442 e. The van der Waals surface area contributed by atoms with Gasteiger partial charge in [-0.15, -0.1) is 0 Å². The fourth-order valence-corrected chi connectivity index (χ4v) is 1.75. The van der Waals surface area contributed by atoms with Gasteiger partial charge in [0.05, 0.1) is 5.02 Å². The summed E-state index contributed by atoms with van der Waals surface area (Å²) < 4.78 is 5.13. The minimum atomic E-state index is 0.121. The van der Waals surface area contributed by atoms with Crippen molar-refractivity contribution in [3.8, 4) is 0 Å². The van der Waals surface area contributed by atoms with Crippen molar-refractivity contribution >= 4 is 22.7 Å². The molecule has 1 aromatic carbocycles. The van der Waals surface area contributed by atoms with E-state index in [0.717, 1.165) is 17.5 Å². The highest BCUT2D eigenvalue weighted by Gasteiger charge is 2.07. The highest BCUT2D eigenvalue weighted by molar-refractivity contribution is 6.34. The van der Waals surface area contributed by atoms with Crippen LogP contribution in [0.15, 0.2) is 22.9 Å². The summed E-state index contributed by atoms with van der Waals surface area (Å²) in [6, 6.07) is 3.95. The first-order chi connectivity index (χ1) is 6.66. The van der Waals surface area contributed by atoms with Crippen LogP contribution in [0.5, 0.6) is 0 Å². The van der Waals surface area contributed by atoms with Crippen molar-refractivity contribution in [1.82, 2.24) is 4.98 Å². The van der Waals surface area contributed by atoms with Crippen LogP contribution in [0, 0.1) is 0 Å². The van der Waals surface area contributed by atoms with Crippen molar-refractivity contribution in [3.05, 3.63) is 29.1 Å². The normalized spacial score (nSPS) is 13.4. The monoisotopic (exact) mass is 210 g/mol. The van der Waals surface area contributed by atoms with E-state index in [4.69, 9.17) is 21.8 Å². The van der Waals surface area contributed by atoms with Gasteiger partial charge < -0.3 is 10.2 Å². The molecule has 14 heavy (non-hydrogen) atoms. The van der Waals surface area contributed by atoms with Gasteiger partial charge in [-0.2, -0.15) is 0 Å². The first-order valence-electron chi connectivity index (χ1n) is 4.44. The van der Waals surface area contributed by atoms with Crippen molar-refractivity contribution in [3.63, 3.8) is 0 Å². The molecule has 1 aromatic heterocycles. The Bertz CT molecular complexity index is 450. The van der Waals surface area contributed by atoms with E-state index < -0.39 is 0 Å². The number of nitrogens with zero attached hydrogens (tertiary/aromatic N) is 1. The number of hydrogen-bond donors (Lipinski definition) is 1. The third-order valence-electron chi connectivity index (χ3n) is 2.00. The van der Waals surface area contributed by atoms with E-state index in [1.54, 1.807) is 0 Å². The predicted molar refractivity (Wildman–Crippen MR) is 56.4 cm³/mol. The number of oxazole rings is 1. The van der Waals surface area contributed by atoms with Crippen molar-refractivity contribution in [2.75, 3.05) is 0 Å². The molecule has 0 aliphatic carbocycles. The second-order valence-electron chi connectivity index (χ2n) is 3.46. The van der Waals surface area contributed by atoms with Gasteiger partial charge in [0.25, 0.3) is 0 Å². The minimum absolute atomic E-state index is 0.121. The third-order valence-corrected chi connectivity index (χ3v) is 2.28. The smallest absolute Gasteiger partial charge is 0.182 e. The van der Waals surface area contributed by atoms with Gasteiger partial charge in [0.15, 0.2) is 12.0 Å². The number of fused-ring (bicyclic) bond motifs is 1. The number of nitrogens with two attached hydrogens (primary N) is 1. The maximum Gasteiger partial charge on any atom is 0.182 e. The Morgan fingerprint density at radius 2 is 2.36 bits per heavy atom. The van der Waals surface area contributed by atoms with E-state index in [-0.39, 0.29) is 6.04 Å². The van der Waals surface area contributed by atoms with Gasteiger partial charge in [-0.3, -0.25) is 0 Å². The Morgan fingerprint density at radius 1 is 1.57 bits per heavy atom. The molecule has 0 fully saturated rings. The summed E-state index contributed by atoms with van der Waals surface area (Å²) in [6.07, 6.45) is 2.19. The standard InChI is InChI=1S/C10H11ClN2O/c1-6(12)2-7-3-8(11)10-9(4-7)13-5-14-10/h3-6H,2,12H2,1H3. The van der Waals surface area contributed by atoms with E-state index in [9.17, 15) is 0 Å². The first kappa shape index (κ1) is 9.49. The Morgan fingerprint density at radius 3 is 3.07 bits per heavy atom. The van der Waals surface area contributed by atoms with Gasteiger partial charge in [0, 0.05) is 6.04 Å². The average molecular weight is 211 g/mol. The van der Waals surface area contributed by atoms with Gasteiger partial charge in [-0.05, 0) is 31.0 Å². The van der Waals surface area contributed by atoms with Crippen LogP contribution < -0.4 is 5.73 Å². The van der Waals surface area contributed by atoms with E-state index >= 15 is 0 Å². The molecule has 2 N–H and O–H groups in total. The molecular formula is C10H11ClN2O. The van der Waals surface area contributed by atoms with Gasteiger partial charge >= 0.3 is 0 Å². The molecule has 0 radical (unpaired) electrons. The van der Waals surface area contributed by atoms with Crippen LogP contribution in [0.1, 0.15) is 12.5 Å². The van der Waals surface area contributed by atoms with Gasteiger partial charge in [0.2, 0.25) is 0 Å². The second kappa shape index (κ2) is 3.59. The zero-order chi connectivity index (χ0) is 10.1. The molecule has 0 amide bonds. The summed E-state index contributed by atoms with van der Waals surface area (Å²) >= 11 is 6.01. The summed E-state index contributed by atoms with van der Waals surface area (Å²) in [7, 11) is 0. The Labute approximate surface area is 86.9 Å². The molecule has 4 heteroatoms. The van der Waals surface area contributed by atoms with E-state index in [1.807, 2.05) is 19.1 Å². The highest BCUT2D eigenvalue weighted by Crippen LogP contribution is 2.24. The molecule has 0 saturated carbocycles. The number of aromatic nitrogens is 1. The van der Waals surface area contributed by atoms with Crippen LogP contribution in [0.4, 0.5) is 0 Å². The lowest BCUT2D eigenvalue weighted by molar-refractivity contribution is 0.602. The molecule has 2 aromatic rings. The number of halogens is 1. The molecule has 0 bridgehead atoms. The number of rotatable bonds is 2. The molecule has 3 nitrogen and oxygen atoms in total. The quantitative estimate of drug-likeness (QED) is 0.828. The fourth-order valence-electron chi connectivity index (χ4n) is 1.47. The number of benzene rings is 1. The molecule has 74 valence electrons. The van der Waals surface area contributed by atoms with Crippen LogP contribution >= 0.6 is 11.6 Å². The van der Waals surface area contributed by atoms with Crippen LogP contribution in [0.2, 0.25) is 5.02 Å². The molecule has 2 rings (SSSR count). The molecule has 0 saturated heterocycles. The molecule has 1 unspecified atom stereocenters. The Balaban J connectivity index is 2.47. The summed E-state index contributed by atoms with van der Waals surface area (Å²) in [5.74, 6) is 0. The summed E-state index contributed by atoms with van der Waals surface area (Å²) in [6.45, 7) is 1.96. The molecule has 0 aliphatic heterocycles. The minimum Gasteiger partial charge on any atom is -0.442 e. The summed E-state index contributed by atoms with van der Waals surface area (Å²) in [5.41, 5.74) is 8.22. The van der Waals surface area contributed by atoms with Crippen molar-refractivity contribution in [1.29, 1.82) is 0 Å². The Hall–Kier alpha value is -1.06. The summed E-state index contributed by atoms with van der Waals surface area (Å²) in [4.78, 5) is 4.06. The average Bonchev–Trinajstić information content (AvgIpc) is 2.50. The maximum absolute atomic E-state index is 6.01. The lowest BCUT2D eigenvalue weighted by Gasteiger charge is -2.05. The highest BCUT2D eigenvalue weighted by atomic mass is 35.5. The van der Waals surface area contributed by atoms with Crippen LogP contribution in [-0.2, 0) is 6.42 Å². The molecule has 1 atom stereocenters. The predicted octanol–water partition coefficient (Wildman–Crippen LogP) is 2.37. The second-order valence-corrected chi connectivity index (χ2v) is 3.87. The molecule has 1 heterocycles. The zero-order valence-corrected chi connectivity index (χ0v) is 8.58.